The monoisotopic (exact) mass is 538 g/mol. The predicted molar refractivity (Wildman–Crippen MR) is 141 cm³/mol. The van der Waals surface area contributed by atoms with Crippen LogP contribution < -0.4 is 9.62 Å². The minimum atomic E-state index is -4.47. The first-order chi connectivity index (χ1) is 18.0. The summed E-state index contributed by atoms with van der Waals surface area (Å²) in [5.41, 5.74) is 3.98. The smallest absolute Gasteiger partial charge is 0.378 e. The zero-order valence-corrected chi connectivity index (χ0v) is 21.5. The Balaban J connectivity index is 1.53. The second kappa shape index (κ2) is 9.75. The highest BCUT2D eigenvalue weighted by Crippen LogP contribution is 2.44. The standard InChI is InChI=1S/C28H25F3N4O2S/c1-35(2)21-8-4-18(5-9-21)26-17-20(28(29,30)31)7-12-25(26)24-11-6-19-16-22(10-13-23(19)24)38(36,37)34-27-32-14-3-15-33-27/h3-5,7-10,12-17,24H,6,11H2,1-2H3,(H,32,33,34)/t24-/m0/s1. The lowest BCUT2D eigenvalue weighted by Crippen LogP contribution is -2.15. The average molecular weight is 539 g/mol. The van der Waals surface area contributed by atoms with Gasteiger partial charge in [-0.1, -0.05) is 24.3 Å². The van der Waals surface area contributed by atoms with Crippen LogP contribution in [0.5, 0.6) is 0 Å². The highest BCUT2D eigenvalue weighted by Gasteiger charge is 2.33. The molecule has 0 spiro atoms. The van der Waals surface area contributed by atoms with Gasteiger partial charge in [0.1, 0.15) is 0 Å². The number of aromatic nitrogens is 2. The maximum Gasteiger partial charge on any atom is 0.416 e. The molecular formula is C28H25F3N4O2S. The van der Waals surface area contributed by atoms with Gasteiger partial charge in [-0.25, -0.2) is 23.1 Å². The Bertz CT molecular complexity index is 1570. The molecule has 0 unspecified atom stereocenters. The van der Waals surface area contributed by atoms with E-state index in [9.17, 15) is 21.6 Å². The highest BCUT2D eigenvalue weighted by molar-refractivity contribution is 7.92. The summed E-state index contributed by atoms with van der Waals surface area (Å²) in [4.78, 5) is 9.82. The highest BCUT2D eigenvalue weighted by atomic mass is 32.2. The van der Waals surface area contributed by atoms with Gasteiger partial charge in [0, 0.05) is 38.1 Å². The van der Waals surface area contributed by atoms with Crippen LogP contribution in [0.4, 0.5) is 24.8 Å². The van der Waals surface area contributed by atoms with E-state index in [1.807, 2.05) is 43.3 Å². The molecule has 38 heavy (non-hydrogen) atoms. The third-order valence-electron chi connectivity index (χ3n) is 6.74. The van der Waals surface area contributed by atoms with E-state index in [0.29, 0.717) is 24.0 Å². The summed E-state index contributed by atoms with van der Waals surface area (Å²) in [6.45, 7) is 0. The number of sulfonamides is 1. The maximum absolute atomic E-state index is 13.6. The van der Waals surface area contributed by atoms with Crippen LogP contribution in [-0.4, -0.2) is 32.5 Å². The molecule has 1 aromatic heterocycles. The summed E-state index contributed by atoms with van der Waals surface area (Å²) in [5, 5.41) is 0. The van der Waals surface area contributed by atoms with E-state index in [1.54, 1.807) is 24.3 Å². The number of aryl methyl sites for hydroxylation is 1. The van der Waals surface area contributed by atoms with Gasteiger partial charge in [-0.3, -0.25) is 0 Å². The molecule has 10 heteroatoms. The molecule has 0 aliphatic heterocycles. The number of halogens is 3. The van der Waals surface area contributed by atoms with E-state index in [4.69, 9.17) is 0 Å². The molecule has 3 aromatic carbocycles. The Morgan fingerprint density at radius 2 is 1.61 bits per heavy atom. The number of hydrogen-bond acceptors (Lipinski definition) is 5. The molecule has 1 aliphatic rings. The van der Waals surface area contributed by atoms with E-state index in [1.165, 1.54) is 24.5 Å². The molecule has 196 valence electrons. The molecule has 0 saturated heterocycles. The fourth-order valence-electron chi connectivity index (χ4n) is 4.84. The van der Waals surface area contributed by atoms with Crippen LogP contribution in [0.25, 0.3) is 11.1 Å². The summed E-state index contributed by atoms with van der Waals surface area (Å²) >= 11 is 0. The number of hydrogen-bond donors (Lipinski definition) is 1. The lowest BCUT2D eigenvalue weighted by molar-refractivity contribution is -0.137. The Kier molecular flexibility index (Phi) is 6.60. The summed E-state index contributed by atoms with van der Waals surface area (Å²) in [5.74, 6) is -0.196. The first-order valence-electron chi connectivity index (χ1n) is 11.9. The quantitative estimate of drug-likeness (QED) is 0.321. The van der Waals surface area contributed by atoms with Gasteiger partial charge >= 0.3 is 6.18 Å². The normalized spacial score (nSPS) is 15.2. The zero-order chi connectivity index (χ0) is 27.1. The van der Waals surface area contributed by atoms with Gasteiger partial charge in [0.25, 0.3) is 10.0 Å². The molecule has 0 bridgehead atoms. The van der Waals surface area contributed by atoms with Gasteiger partial charge in [0.15, 0.2) is 0 Å². The molecule has 1 aliphatic carbocycles. The van der Waals surface area contributed by atoms with Crippen LogP contribution in [-0.2, 0) is 22.6 Å². The molecular weight excluding hydrogens is 513 g/mol. The van der Waals surface area contributed by atoms with Gasteiger partial charge in [-0.05, 0) is 83.1 Å². The third kappa shape index (κ3) is 5.08. The van der Waals surface area contributed by atoms with Crippen molar-refractivity contribution in [3.05, 3.63) is 101 Å². The minimum absolute atomic E-state index is 0.0273. The van der Waals surface area contributed by atoms with Crippen molar-refractivity contribution in [2.24, 2.45) is 0 Å². The van der Waals surface area contributed by atoms with Crippen molar-refractivity contribution >= 4 is 21.7 Å². The van der Waals surface area contributed by atoms with Crippen LogP contribution in [0.3, 0.4) is 0 Å². The molecule has 1 atom stereocenters. The summed E-state index contributed by atoms with van der Waals surface area (Å²) < 4.78 is 69.1. The molecule has 5 rings (SSSR count). The molecule has 0 amide bonds. The Hall–Kier alpha value is -3.92. The average Bonchev–Trinajstić information content (AvgIpc) is 3.31. The van der Waals surface area contributed by atoms with Crippen molar-refractivity contribution in [3.63, 3.8) is 0 Å². The SMILES string of the molecule is CN(C)c1ccc(-c2cc(C(F)(F)F)ccc2[C@H]2CCc3cc(S(=O)(=O)Nc4ncccn4)ccc32)cc1. The second-order valence-corrected chi connectivity index (χ2v) is 11.1. The number of benzene rings is 3. The largest absolute Gasteiger partial charge is 0.416 e. The van der Waals surface area contributed by atoms with Crippen molar-refractivity contribution in [3.8, 4) is 11.1 Å². The van der Waals surface area contributed by atoms with Crippen molar-refractivity contribution in [2.75, 3.05) is 23.7 Å². The van der Waals surface area contributed by atoms with Crippen LogP contribution in [0, 0.1) is 0 Å². The Labute approximate surface area is 219 Å². The van der Waals surface area contributed by atoms with Crippen LogP contribution >= 0.6 is 0 Å². The molecule has 0 fully saturated rings. The number of fused-ring (bicyclic) bond motifs is 1. The lowest BCUT2D eigenvalue weighted by atomic mass is 9.86. The molecule has 1 heterocycles. The fraction of sp³-hybridized carbons (Fsp3) is 0.214. The third-order valence-corrected chi connectivity index (χ3v) is 8.07. The van der Waals surface area contributed by atoms with Gasteiger partial charge in [0.05, 0.1) is 10.5 Å². The first-order valence-corrected chi connectivity index (χ1v) is 13.4. The molecule has 0 radical (unpaired) electrons. The topological polar surface area (TPSA) is 75.2 Å². The van der Waals surface area contributed by atoms with Gasteiger partial charge in [0.2, 0.25) is 5.95 Å². The van der Waals surface area contributed by atoms with Crippen molar-refractivity contribution < 1.29 is 21.6 Å². The summed E-state index contributed by atoms with van der Waals surface area (Å²) in [7, 11) is -0.106. The number of alkyl halides is 3. The van der Waals surface area contributed by atoms with E-state index in [0.717, 1.165) is 28.4 Å². The summed E-state index contributed by atoms with van der Waals surface area (Å²) in [6.07, 6.45) is -0.335. The van der Waals surface area contributed by atoms with Gasteiger partial charge in [-0.15, -0.1) is 0 Å². The Morgan fingerprint density at radius 1 is 0.921 bits per heavy atom. The fourth-order valence-corrected chi connectivity index (χ4v) is 5.85. The first kappa shape index (κ1) is 25.7. The zero-order valence-electron chi connectivity index (χ0n) is 20.7. The van der Waals surface area contributed by atoms with Crippen molar-refractivity contribution in [2.45, 2.75) is 29.8 Å². The molecule has 6 nitrogen and oxygen atoms in total. The van der Waals surface area contributed by atoms with Crippen LogP contribution in [0.1, 0.15) is 34.6 Å². The van der Waals surface area contributed by atoms with Crippen LogP contribution in [0.15, 0.2) is 84.0 Å². The number of rotatable bonds is 6. The van der Waals surface area contributed by atoms with Crippen molar-refractivity contribution in [1.29, 1.82) is 0 Å². The predicted octanol–water partition coefficient (Wildman–Crippen LogP) is 6.11. The van der Waals surface area contributed by atoms with Crippen LogP contribution in [0.2, 0.25) is 0 Å². The van der Waals surface area contributed by atoms with Gasteiger partial charge in [-0.2, -0.15) is 13.2 Å². The number of anilines is 2. The summed E-state index contributed by atoms with van der Waals surface area (Å²) in [6, 6.07) is 17.8. The maximum atomic E-state index is 13.6. The molecule has 0 saturated carbocycles. The van der Waals surface area contributed by atoms with E-state index in [-0.39, 0.29) is 16.8 Å². The number of nitrogens with one attached hydrogen (secondary N) is 1. The lowest BCUT2D eigenvalue weighted by Gasteiger charge is -2.20. The van der Waals surface area contributed by atoms with E-state index >= 15 is 0 Å². The second-order valence-electron chi connectivity index (χ2n) is 9.37. The molecule has 4 aromatic rings. The molecule has 1 N–H and O–H groups in total. The van der Waals surface area contributed by atoms with Crippen molar-refractivity contribution in [1.82, 2.24) is 9.97 Å². The number of nitrogens with zero attached hydrogens (tertiary/aromatic N) is 3. The minimum Gasteiger partial charge on any atom is -0.378 e. The van der Waals surface area contributed by atoms with E-state index in [2.05, 4.69) is 14.7 Å². The Morgan fingerprint density at radius 3 is 2.26 bits per heavy atom. The van der Waals surface area contributed by atoms with Gasteiger partial charge < -0.3 is 4.90 Å². The van der Waals surface area contributed by atoms with E-state index < -0.39 is 21.8 Å².